The third-order valence-electron chi connectivity index (χ3n) is 3.19. The Morgan fingerprint density at radius 3 is 2.29 bits per heavy atom. The van der Waals surface area contributed by atoms with E-state index in [1.165, 1.54) is 17.8 Å². The molecule has 2 aromatic carbocycles. The Hall–Kier alpha value is -2.05. The van der Waals surface area contributed by atoms with E-state index < -0.39 is 21.2 Å². The van der Waals surface area contributed by atoms with Gasteiger partial charge in [0, 0.05) is 5.75 Å². The number of benzene rings is 2. The average Bonchev–Trinajstić information content (AvgIpc) is 2.59. The van der Waals surface area contributed by atoms with Gasteiger partial charge in [0.15, 0.2) is 0 Å². The fourth-order valence-electron chi connectivity index (χ4n) is 1.86. The monoisotopic (exact) mass is 361 g/mol. The van der Waals surface area contributed by atoms with Crippen LogP contribution in [0.2, 0.25) is 0 Å². The summed E-state index contributed by atoms with van der Waals surface area (Å²) in [4.78, 5) is 12.0. The summed E-state index contributed by atoms with van der Waals surface area (Å²) in [5, 5.41) is 0.541. The fourth-order valence-corrected chi connectivity index (χ4v) is 3.64. The van der Waals surface area contributed by atoms with Gasteiger partial charge in [-0.1, -0.05) is 60.7 Å². The number of carbonyl (C=O) groups excluding carboxylic acids is 1. The van der Waals surface area contributed by atoms with Crippen LogP contribution in [-0.2, 0) is 20.6 Å². The summed E-state index contributed by atoms with van der Waals surface area (Å²) in [6.45, 7) is 1.69. The first kappa shape index (κ1) is 18.3. The number of hydrogen-bond donors (Lipinski definition) is 1. The van der Waals surface area contributed by atoms with Gasteiger partial charge in [0.05, 0.1) is 10.7 Å². The molecule has 1 unspecified atom stereocenters. The summed E-state index contributed by atoms with van der Waals surface area (Å²) in [6.07, 6.45) is 1.46. The molecule has 0 aromatic heterocycles. The van der Waals surface area contributed by atoms with Crippen LogP contribution < -0.4 is 4.72 Å². The Bertz CT molecular complexity index is 788. The van der Waals surface area contributed by atoms with Crippen molar-refractivity contribution in [3.8, 4) is 0 Å². The van der Waals surface area contributed by atoms with Gasteiger partial charge < -0.3 is 0 Å². The van der Waals surface area contributed by atoms with Gasteiger partial charge in [0.1, 0.15) is 0 Å². The maximum Gasteiger partial charge on any atom is 0.257 e. The molecule has 2 rings (SSSR count). The van der Waals surface area contributed by atoms with Crippen molar-refractivity contribution in [3.63, 3.8) is 0 Å². The topological polar surface area (TPSA) is 63.2 Å². The summed E-state index contributed by atoms with van der Waals surface area (Å²) in [7, 11) is -3.80. The summed E-state index contributed by atoms with van der Waals surface area (Å²) >= 11 is 1.39. The minimum Gasteiger partial charge on any atom is -0.273 e. The van der Waals surface area contributed by atoms with Gasteiger partial charge >= 0.3 is 0 Å². The van der Waals surface area contributed by atoms with E-state index in [1.807, 2.05) is 48.5 Å². The number of rotatable bonds is 7. The molecule has 0 aliphatic rings. The van der Waals surface area contributed by atoms with E-state index in [4.69, 9.17) is 0 Å². The largest absolute Gasteiger partial charge is 0.273 e. The van der Waals surface area contributed by atoms with E-state index in [2.05, 4.69) is 4.72 Å². The molecule has 0 fully saturated rings. The van der Waals surface area contributed by atoms with E-state index in [9.17, 15) is 13.2 Å². The van der Waals surface area contributed by atoms with Crippen LogP contribution in [0.25, 0.3) is 6.08 Å². The molecule has 24 heavy (non-hydrogen) atoms. The number of hydrogen-bond acceptors (Lipinski definition) is 4. The number of amides is 1. The van der Waals surface area contributed by atoms with Crippen molar-refractivity contribution >= 4 is 33.8 Å². The first-order valence-corrected chi connectivity index (χ1v) is 10.0. The molecule has 126 valence electrons. The van der Waals surface area contributed by atoms with Crippen LogP contribution in [0.5, 0.6) is 0 Å². The van der Waals surface area contributed by atoms with Gasteiger partial charge in [0.2, 0.25) is 5.91 Å². The minimum atomic E-state index is -3.80. The van der Waals surface area contributed by atoms with Gasteiger partial charge in [-0.05, 0) is 24.1 Å². The average molecular weight is 361 g/mol. The predicted octanol–water partition coefficient (Wildman–Crippen LogP) is 3.43. The third-order valence-corrected chi connectivity index (χ3v) is 5.39. The number of thioether (sulfide) groups is 1. The third kappa shape index (κ3) is 6.22. The number of sulfonamides is 1. The van der Waals surface area contributed by atoms with Gasteiger partial charge in [-0.15, -0.1) is 11.8 Å². The lowest BCUT2D eigenvalue weighted by Gasteiger charge is -2.11. The van der Waals surface area contributed by atoms with Crippen LogP contribution >= 0.6 is 11.8 Å². The van der Waals surface area contributed by atoms with Gasteiger partial charge in [0.25, 0.3) is 10.0 Å². The Balaban J connectivity index is 1.89. The second kappa shape index (κ2) is 8.70. The lowest BCUT2D eigenvalue weighted by atomic mass is 10.2. The highest BCUT2D eigenvalue weighted by atomic mass is 32.2. The molecule has 0 bridgehead atoms. The Labute approximate surface area is 147 Å². The molecule has 1 amide bonds. The van der Waals surface area contributed by atoms with Gasteiger partial charge in [-0.2, -0.15) is 0 Å². The van der Waals surface area contributed by atoms with E-state index >= 15 is 0 Å². The van der Waals surface area contributed by atoms with E-state index in [1.54, 1.807) is 19.1 Å². The highest BCUT2D eigenvalue weighted by Crippen LogP contribution is 2.17. The Morgan fingerprint density at radius 1 is 1.08 bits per heavy atom. The molecular weight excluding hydrogens is 342 g/mol. The van der Waals surface area contributed by atoms with Crippen molar-refractivity contribution in [3.05, 3.63) is 77.2 Å². The summed E-state index contributed by atoms with van der Waals surface area (Å²) < 4.78 is 26.0. The molecule has 0 radical (unpaired) electrons. The molecule has 0 spiro atoms. The molecule has 2 aromatic rings. The summed E-state index contributed by atoms with van der Waals surface area (Å²) in [5.41, 5.74) is 1.84. The van der Waals surface area contributed by atoms with Crippen LogP contribution in [0, 0.1) is 0 Å². The highest BCUT2D eigenvalue weighted by molar-refractivity contribution is 8.00. The lowest BCUT2D eigenvalue weighted by molar-refractivity contribution is -0.118. The SMILES string of the molecule is CC(SCc1ccccc1)C(=O)NS(=O)(=O)/C=C/c1ccccc1. The molecule has 4 nitrogen and oxygen atoms in total. The summed E-state index contributed by atoms with van der Waals surface area (Å²) in [5.74, 6) is 0.128. The smallest absolute Gasteiger partial charge is 0.257 e. The molecule has 0 saturated carbocycles. The van der Waals surface area contributed by atoms with E-state index in [0.717, 1.165) is 16.5 Å². The van der Waals surface area contributed by atoms with Crippen molar-refractivity contribution in [1.29, 1.82) is 0 Å². The van der Waals surface area contributed by atoms with Crippen LogP contribution in [-0.4, -0.2) is 19.6 Å². The predicted molar refractivity (Wildman–Crippen MR) is 99.7 cm³/mol. The fraction of sp³-hybridized carbons (Fsp3) is 0.167. The van der Waals surface area contributed by atoms with Crippen molar-refractivity contribution < 1.29 is 13.2 Å². The number of carbonyl (C=O) groups is 1. The van der Waals surface area contributed by atoms with E-state index in [0.29, 0.717) is 5.75 Å². The summed E-state index contributed by atoms with van der Waals surface area (Å²) in [6, 6.07) is 18.8. The van der Waals surface area contributed by atoms with E-state index in [-0.39, 0.29) is 0 Å². The first-order valence-electron chi connectivity index (χ1n) is 7.41. The molecule has 0 aliphatic carbocycles. The molecular formula is C18H19NO3S2. The molecule has 0 aliphatic heterocycles. The molecule has 1 atom stereocenters. The van der Waals surface area contributed by atoms with Crippen molar-refractivity contribution in [2.45, 2.75) is 17.9 Å². The number of nitrogens with one attached hydrogen (secondary N) is 1. The Kier molecular flexibility index (Phi) is 6.63. The quantitative estimate of drug-likeness (QED) is 0.821. The molecule has 0 saturated heterocycles. The molecule has 0 heterocycles. The van der Waals surface area contributed by atoms with Crippen LogP contribution in [0.1, 0.15) is 18.1 Å². The van der Waals surface area contributed by atoms with Crippen LogP contribution in [0.3, 0.4) is 0 Å². The first-order chi connectivity index (χ1) is 11.5. The normalized spacial score (nSPS) is 12.9. The maximum absolute atomic E-state index is 12.0. The zero-order chi connectivity index (χ0) is 17.4. The van der Waals surface area contributed by atoms with Crippen molar-refractivity contribution in [2.24, 2.45) is 0 Å². The second-order valence-electron chi connectivity index (χ2n) is 5.16. The maximum atomic E-state index is 12.0. The van der Waals surface area contributed by atoms with Gasteiger partial charge in [-0.25, -0.2) is 13.1 Å². The second-order valence-corrected chi connectivity index (χ2v) is 8.06. The standard InChI is InChI=1S/C18H19NO3S2/c1-15(23-14-17-10-6-3-7-11-17)18(20)19-24(21,22)13-12-16-8-4-2-5-9-16/h2-13,15H,14H2,1H3,(H,19,20)/b13-12+. The Morgan fingerprint density at radius 2 is 1.67 bits per heavy atom. The zero-order valence-corrected chi connectivity index (χ0v) is 14.9. The lowest BCUT2D eigenvalue weighted by Crippen LogP contribution is -2.34. The van der Waals surface area contributed by atoms with Gasteiger partial charge in [-0.3, -0.25) is 4.79 Å². The van der Waals surface area contributed by atoms with Crippen molar-refractivity contribution in [2.75, 3.05) is 0 Å². The minimum absolute atomic E-state index is 0.467. The van der Waals surface area contributed by atoms with Crippen LogP contribution in [0.15, 0.2) is 66.1 Å². The molecule has 6 heteroatoms. The molecule has 1 N–H and O–H groups in total. The van der Waals surface area contributed by atoms with Crippen LogP contribution in [0.4, 0.5) is 0 Å². The zero-order valence-electron chi connectivity index (χ0n) is 13.3. The van der Waals surface area contributed by atoms with Crippen molar-refractivity contribution in [1.82, 2.24) is 4.72 Å². The highest BCUT2D eigenvalue weighted by Gasteiger charge is 2.18.